The van der Waals surface area contributed by atoms with Gasteiger partial charge in [0.15, 0.2) is 0 Å². The molecule has 0 aromatic carbocycles. The van der Waals surface area contributed by atoms with Crippen LogP contribution in [0.25, 0.3) is 0 Å². The maximum atomic E-state index is 10.7. The van der Waals surface area contributed by atoms with Gasteiger partial charge in [-0.3, -0.25) is 24.3 Å². The summed E-state index contributed by atoms with van der Waals surface area (Å²) in [7, 11) is -4.67. The van der Waals surface area contributed by atoms with Gasteiger partial charge in [-0.1, -0.05) is 0 Å². The van der Waals surface area contributed by atoms with Crippen molar-refractivity contribution in [3.63, 3.8) is 0 Å². The van der Waals surface area contributed by atoms with Gasteiger partial charge in [-0.25, -0.2) is 5.84 Å². The first kappa shape index (κ1) is 25.7. The van der Waals surface area contributed by atoms with Crippen LogP contribution >= 0.6 is 0 Å². The number of amides is 1. The average molecular weight is 327 g/mol. The Morgan fingerprint density at radius 3 is 1.83 bits per heavy atom. The zero-order valence-corrected chi connectivity index (χ0v) is 10.6. The third-order valence-corrected chi connectivity index (χ3v) is 1.07. The van der Waals surface area contributed by atoms with Crippen molar-refractivity contribution >= 4 is 16.3 Å². The van der Waals surface area contributed by atoms with Gasteiger partial charge in [-0.05, 0) is 12.1 Å². The van der Waals surface area contributed by atoms with Crippen LogP contribution < -0.4 is 11.3 Å². The van der Waals surface area contributed by atoms with Crippen molar-refractivity contribution in [3.8, 4) is 0 Å². The van der Waals surface area contributed by atoms with Gasteiger partial charge in [0, 0.05) is 18.0 Å². The number of nitrogens with zero attached hydrogens (tertiary/aromatic N) is 1. The van der Waals surface area contributed by atoms with E-state index < -0.39 is 10.4 Å². The van der Waals surface area contributed by atoms with Gasteiger partial charge in [-0.15, -0.1) is 0 Å². The fourth-order valence-electron chi connectivity index (χ4n) is 0.587. The van der Waals surface area contributed by atoms with E-state index in [1.807, 2.05) is 5.43 Å². The summed E-state index contributed by atoms with van der Waals surface area (Å²) in [5, 5.41) is 0. The molecule has 12 heteroatoms. The van der Waals surface area contributed by atoms with E-state index in [0.29, 0.717) is 5.56 Å². The zero-order chi connectivity index (χ0) is 11.9. The number of nitrogens with one attached hydrogen (secondary N) is 1. The molecular weight excluding hydrogens is 314 g/mol. The van der Waals surface area contributed by atoms with Crippen molar-refractivity contribution in [1.29, 1.82) is 0 Å². The molecule has 1 amide bonds. The monoisotopic (exact) mass is 327 g/mol. The average Bonchev–Trinajstić information content (AvgIpc) is 2.15. The first-order chi connectivity index (χ1) is 6.84. The van der Waals surface area contributed by atoms with Crippen molar-refractivity contribution in [2.45, 2.75) is 0 Å². The molecule has 10 nitrogen and oxygen atoms in total. The summed E-state index contributed by atoms with van der Waals surface area (Å²) >= 11 is 0. The Hall–Kier alpha value is -1.11. The van der Waals surface area contributed by atoms with Crippen LogP contribution in [0.2, 0.25) is 0 Å². The second kappa shape index (κ2) is 12.3. The van der Waals surface area contributed by atoms with Crippen LogP contribution in [-0.2, 0) is 27.5 Å². The van der Waals surface area contributed by atoms with Crippen LogP contribution in [0.4, 0.5) is 0 Å². The molecule has 1 rings (SSSR count). The number of hydrazine groups is 1. The first-order valence-electron chi connectivity index (χ1n) is 3.45. The standard InChI is InChI=1S/C6H7N3O.Fe.H2O4S.2H2O/c7-9-6(10)5-1-3-8-4-2-5;;1-5(2,3)4;;/h1-4H,7H2,(H,9,10);;(H2,1,2,3,4);2*1H2/q;+2;;;. The molecule has 0 aliphatic heterocycles. The Kier molecular flexibility index (Phi) is 17.6. The third-order valence-electron chi connectivity index (χ3n) is 1.07. The van der Waals surface area contributed by atoms with Gasteiger partial charge in [0.25, 0.3) is 5.91 Å². The fraction of sp³-hybridized carbons (Fsp3) is 0. The Morgan fingerprint density at radius 2 is 1.56 bits per heavy atom. The van der Waals surface area contributed by atoms with E-state index in [4.69, 9.17) is 23.4 Å². The zero-order valence-electron chi connectivity index (χ0n) is 8.71. The van der Waals surface area contributed by atoms with E-state index in [1.165, 1.54) is 12.4 Å². The van der Waals surface area contributed by atoms with Crippen molar-refractivity contribution in [2.75, 3.05) is 0 Å². The smallest absolute Gasteiger partial charge is 0.412 e. The number of hydrogen-bond donors (Lipinski definition) is 4. The van der Waals surface area contributed by atoms with Gasteiger partial charge in [0.1, 0.15) is 0 Å². The molecular formula is C6H13FeN3O7S+2. The van der Waals surface area contributed by atoms with Crippen molar-refractivity contribution < 1.29 is 50.3 Å². The largest absolute Gasteiger partial charge is 2.00 e. The Balaban J connectivity index is -0.000000109. The van der Waals surface area contributed by atoms with Gasteiger partial charge < -0.3 is 11.0 Å². The van der Waals surface area contributed by atoms with Gasteiger partial charge in [-0.2, -0.15) is 8.42 Å². The summed E-state index contributed by atoms with van der Waals surface area (Å²) in [5.41, 5.74) is 2.53. The molecule has 0 radical (unpaired) electrons. The van der Waals surface area contributed by atoms with Crippen LogP contribution in [0.5, 0.6) is 0 Å². The minimum absolute atomic E-state index is 0. The summed E-state index contributed by atoms with van der Waals surface area (Å²) < 4.78 is 31.6. The van der Waals surface area contributed by atoms with Crippen molar-refractivity contribution in [2.24, 2.45) is 5.84 Å². The SMILES string of the molecule is NNC(=O)c1ccncc1.O.O.O=S(=O)(O)O.[Fe+2]. The molecule has 0 aliphatic rings. The molecule has 0 saturated carbocycles. The Morgan fingerprint density at radius 1 is 1.22 bits per heavy atom. The summed E-state index contributed by atoms with van der Waals surface area (Å²) in [4.78, 5) is 14.5. The minimum atomic E-state index is -4.67. The molecule has 18 heavy (non-hydrogen) atoms. The fourth-order valence-corrected chi connectivity index (χ4v) is 0.587. The van der Waals surface area contributed by atoms with E-state index >= 15 is 0 Å². The predicted octanol–water partition coefficient (Wildman–Crippen LogP) is -2.62. The molecule has 106 valence electrons. The van der Waals surface area contributed by atoms with Crippen LogP contribution in [0.1, 0.15) is 10.4 Å². The van der Waals surface area contributed by atoms with Gasteiger partial charge in [0.2, 0.25) is 0 Å². The number of rotatable bonds is 1. The topological polar surface area (TPSA) is 206 Å². The van der Waals surface area contributed by atoms with E-state index in [2.05, 4.69) is 4.98 Å². The number of nitrogens with two attached hydrogens (primary N) is 1. The summed E-state index contributed by atoms with van der Waals surface area (Å²) in [5.74, 6) is 4.58. The van der Waals surface area contributed by atoms with E-state index in [-0.39, 0.29) is 33.9 Å². The van der Waals surface area contributed by atoms with Crippen molar-refractivity contribution in [1.82, 2.24) is 10.4 Å². The third kappa shape index (κ3) is 17.3. The molecule has 0 fully saturated rings. The van der Waals surface area contributed by atoms with Crippen LogP contribution in [0, 0.1) is 0 Å². The molecule has 9 N–H and O–H groups in total. The number of aromatic nitrogens is 1. The predicted molar refractivity (Wildman–Crippen MR) is 57.3 cm³/mol. The van der Waals surface area contributed by atoms with E-state index in [9.17, 15) is 4.79 Å². The molecule has 0 spiro atoms. The van der Waals surface area contributed by atoms with E-state index in [0.717, 1.165) is 0 Å². The summed E-state index contributed by atoms with van der Waals surface area (Å²) in [6, 6.07) is 3.17. The molecule has 0 saturated heterocycles. The summed E-state index contributed by atoms with van der Waals surface area (Å²) in [6.45, 7) is 0. The molecule has 1 aromatic rings. The molecule has 0 aliphatic carbocycles. The second-order valence-corrected chi connectivity index (χ2v) is 3.05. The molecule has 0 atom stereocenters. The quantitative estimate of drug-likeness (QED) is 0.142. The molecule has 1 heterocycles. The Bertz CT molecular complexity index is 404. The van der Waals surface area contributed by atoms with E-state index in [1.54, 1.807) is 12.1 Å². The maximum Gasteiger partial charge on any atom is 2.00 e. The Labute approximate surface area is 113 Å². The van der Waals surface area contributed by atoms with Gasteiger partial charge >= 0.3 is 27.5 Å². The number of carbonyl (C=O) groups excluding carboxylic acids is 1. The molecule has 1 aromatic heterocycles. The minimum Gasteiger partial charge on any atom is -0.412 e. The molecule has 0 bridgehead atoms. The number of nitrogen functional groups attached to an aromatic ring is 1. The number of carbonyl (C=O) groups is 1. The normalized spacial score (nSPS) is 8.17. The second-order valence-electron chi connectivity index (χ2n) is 2.16. The van der Waals surface area contributed by atoms with Crippen molar-refractivity contribution in [3.05, 3.63) is 30.1 Å². The molecule has 0 unspecified atom stereocenters. The number of hydrogen-bond acceptors (Lipinski definition) is 5. The first-order valence-corrected chi connectivity index (χ1v) is 4.85. The van der Waals surface area contributed by atoms with Crippen LogP contribution in [0.15, 0.2) is 24.5 Å². The van der Waals surface area contributed by atoms with Crippen LogP contribution in [0.3, 0.4) is 0 Å². The summed E-state index contributed by atoms with van der Waals surface area (Å²) in [6.07, 6.45) is 3.06. The van der Waals surface area contributed by atoms with Gasteiger partial charge in [0.05, 0.1) is 0 Å². The van der Waals surface area contributed by atoms with Crippen LogP contribution in [-0.4, -0.2) is 39.4 Å². The maximum absolute atomic E-state index is 10.7. The number of pyridine rings is 1.